The zero-order chi connectivity index (χ0) is 13.7. The number of anilines is 1. The van der Waals surface area contributed by atoms with Gasteiger partial charge in [0.15, 0.2) is 11.2 Å². The normalized spacial score (nSPS) is 11.4. The molecule has 0 saturated heterocycles. The van der Waals surface area contributed by atoms with Gasteiger partial charge in [-0.05, 0) is 12.5 Å². The average Bonchev–Trinajstić information content (AvgIpc) is 3.00. The molecule has 0 aliphatic rings. The first-order valence-electron chi connectivity index (χ1n) is 6.16. The van der Waals surface area contributed by atoms with Crippen LogP contribution in [0.4, 0.5) is 5.82 Å². The maximum absolute atomic E-state index is 5.76. The van der Waals surface area contributed by atoms with Gasteiger partial charge in [0.2, 0.25) is 5.65 Å². The van der Waals surface area contributed by atoms with Gasteiger partial charge in [-0.3, -0.25) is 5.10 Å². The van der Waals surface area contributed by atoms with Crippen molar-refractivity contribution in [2.24, 2.45) is 0 Å². The number of hydrogen-bond acceptors (Lipinski definition) is 5. The molecule has 0 unspecified atom stereocenters. The van der Waals surface area contributed by atoms with Crippen molar-refractivity contribution >= 4 is 22.6 Å². The van der Waals surface area contributed by atoms with Crippen molar-refractivity contribution in [2.45, 2.75) is 6.92 Å². The van der Waals surface area contributed by atoms with E-state index in [0.29, 0.717) is 22.6 Å². The minimum Gasteiger partial charge on any atom is -0.382 e. The van der Waals surface area contributed by atoms with Crippen LogP contribution in [0.5, 0.6) is 0 Å². The summed E-state index contributed by atoms with van der Waals surface area (Å²) in [5.74, 6) is 0.392. The van der Waals surface area contributed by atoms with Crippen LogP contribution >= 0.6 is 0 Å². The van der Waals surface area contributed by atoms with Gasteiger partial charge in [0.05, 0.1) is 11.3 Å². The number of aromatic nitrogens is 6. The maximum Gasteiger partial charge on any atom is 0.207 e. The summed E-state index contributed by atoms with van der Waals surface area (Å²) in [4.78, 5) is 0. The lowest BCUT2D eigenvalue weighted by Crippen LogP contribution is -1.96. The molecule has 7 heteroatoms. The molecule has 0 atom stereocenters. The summed E-state index contributed by atoms with van der Waals surface area (Å²) in [7, 11) is 0. The summed E-state index contributed by atoms with van der Waals surface area (Å²) in [5, 5.41) is 19.7. The molecule has 3 N–H and O–H groups in total. The predicted octanol–water partition coefficient (Wildman–Crippen LogP) is 1.56. The summed E-state index contributed by atoms with van der Waals surface area (Å²) in [6.07, 6.45) is 0. The molecule has 3 aromatic heterocycles. The van der Waals surface area contributed by atoms with Crippen molar-refractivity contribution in [1.29, 1.82) is 0 Å². The minimum atomic E-state index is 0.392. The molecular weight excluding hydrogens is 254 g/mol. The fraction of sp³-hybridized carbons (Fsp3) is 0.0769. The van der Waals surface area contributed by atoms with Crippen molar-refractivity contribution < 1.29 is 0 Å². The number of nitrogen functional groups attached to an aromatic ring is 1. The van der Waals surface area contributed by atoms with Crippen molar-refractivity contribution in [1.82, 2.24) is 30.0 Å². The number of nitrogens with two attached hydrogens (primary N) is 1. The number of aryl methyl sites for hydroxylation is 1. The molecular formula is C13H11N7. The molecule has 4 aromatic rings. The van der Waals surface area contributed by atoms with Crippen molar-refractivity contribution in [3.8, 4) is 11.1 Å². The number of fused-ring (bicyclic) bond motifs is 3. The second-order valence-electron chi connectivity index (χ2n) is 4.57. The molecule has 4 rings (SSSR count). The Bertz CT molecular complexity index is 920. The highest BCUT2D eigenvalue weighted by Gasteiger charge is 2.17. The number of rotatable bonds is 1. The lowest BCUT2D eigenvalue weighted by atomic mass is 10.1. The van der Waals surface area contributed by atoms with E-state index in [9.17, 15) is 0 Å². The topological polar surface area (TPSA) is 97.8 Å². The molecule has 0 aliphatic carbocycles. The molecule has 0 amide bonds. The van der Waals surface area contributed by atoms with Gasteiger partial charge in [0, 0.05) is 0 Å². The van der Waals surface area contributed by atoms with Crippen LogP contribution < -0.4 is 5.73 Å². The monoisotopic (exact) mass is 265 g/mol. The summed E-state index contributed by atoms with van der Waals surface area (Å²) >= 11 is 0. The Morgan fingerprint density at radius 2 is 1.90 bits per heavy atom. The lowest BCUT2D eigenvalue weighted by Gasteiger charge is -1.99. The molecule has 0 spiro atoms. The molecule has 3 heterocycles. The minimum absolute atomic E-state index is 0.392. The summed E-state index contributed by atoms with van der Waals surface area (Å²) in [6.45, 7) is 1.94. The number of H-pyrrole nitrogens is 1. The van der Waals surface area contributed by atoms with E-state index in [-0.39, 0.29) is 0 Å². The van der Waals surface area contributed by atoms with Crippen LogP contribution in [0.25, 0.3) is 27.9 Å². The van der Waals surface area contributed by atoms with Crippen LogP contribution in [0.3, 0.4) is 0 Å². The highest BCUT2D eigenvalue weighted by atomic mass is 15.4. The Kier molecular flexibility index (Phi) is 2.06. The van der Waals surface area contributed by atoms with E-state index in [1.165, 1.54) is 0 Å². The molecule has 1 aromatic carbocycles. The van der Waals surface area contributed by atoms with Crippen molar-refractivity contribution in [2.75, 3.05) is 5.73 Å². The zero-order valence-electron chi connectivity index (χ0n) is 10.7. The highest BCUT2D eigenvalue weighted by molar-refractivity contribution is 5.87. The lowest BCUT2D eigenvalue weighted by molar-refractivity contribution is 0.907. The van der Waals surface area contributed by atoms with Gasteiger partial charge in [-0.15, -0.1) is 10.2 Å². The molecule has 0 radical (unpaired) electrons. The van der Waals surface area contributed by atoms with Gasteiger partial charge in [-0.2, -0.15) is 14.7 Å². The van der Waals surface area contributed by atoms with Crippen molar-refractivity contribution in [3.63, 3.8) is 0 Å². The largest absolute Gasteiger partial charge is 0.382 e. The smallest absolute Gasteiger partial charge is 0.207 e. The summed E-state index contributed by atoms with van der Waals surface area (Å²) in [5.41, 5.74) is 10.4. The van der Waals surface area contributed by atoms with E-state index < -0.39 is 0 Å². The van der Waals surface area contributed by atoms with E-state index in [1.807, 2.05) is 37.3 Å². The Morgan fingerprint density at radius 1 is 1.10 bits per heavy atom. The number of nitrogens with one attached hydrogen (secondary N) is 1. The Hall–Kier alpha value is -2.96. The standard InChI is InChI=1S/C13H11N7/c1-7-9(8-5-3-2-4-6-8)12-17-15-10-11(14)16-18-13(10)20(12)19-7/h2-6H,1H3,(H3,14,16,18). The third-order valence-electron chi connectivity index (χ3n) is 3.29. The van der Waals surface area contributed by atoms with Crippen molar-refractivity contribution in [3.05, 3.63) is 36.0 Å². The Morgan fingerprint density at radius 3 is 2.70 bits per heavy atom. The quantitative estimate of drug-likeness (QED) is 0.544. The molecule has 0 fully saturated rings. The third-order valence-corrected chi connectivity index (χ3v) is 3.29. The van der Waals surface area contributed by atoms with E-state index >= 15 is 0 Å². The van der Waals surface area contributed by atoms with Crippen LogP contribution in [-0.4, -0.2) is 30.0 Å². The second-order valence-corrected chi connectivity index (χ2v) is 4.57. The highest BCUT2D eigenvalue weighted by Crippen LogP contribution is 2.28. The van der Waals surface area contributed by atoms with E-state index in [1.54, 1.807) is 4.52 Å². The number of nitrogens with zero attached hydrogens (tertiary/aromatic N) is 5. The van der Waals surface area contributed by atoms with Gasteiger partial charge < -0.3 is 5.73 Å². The van der Waals surface area contributed by atoms with E-state index in [2.05, 4.69) is 25.5 Å². The maximum atomic E-state index is 5.76. The first-order valence-corrected chi connectivity index (χ1v) is 6.16. The molecule has 0 saturated carbocycles. The Balaban J connectivity index is 2.13. The summed E-state index contributed by atoms with van der Waals surface area (Å²) in [6, 6.07) is 9.99. The second kappa shape index (κ2) is 3.77. The predicted molar refractivity (Wildman–Crippen MR) is 75.0 cm³/mol. The van der Waals surface area contributed by atoms with Gasteiger partial charge in [-0.25, -0.2) is 0 Å². The fourth-order valence-corrected chi connectivity index (χ4v) is 2.38. The van der Waals surface area contributed by atoms with E-state index in [4.69, 9.17) is 5.73 Å². The number of benzene rings is 1. The van der Waals surface area contributed by atoms with Gasteiger partial charge in [-0.1, -0.05) is 30.3 Å². The van der Waals surface area contributed by atoms with Crippen LogP contribution in [0.15, 0.2) is 30.3 Å². The SMILES string of the molecule is Cc1nn2c(nnc3c(N)[nH]nc32)c1-c1ccccc1. The fourth-order valence-electron chi connectivity index (χ4n) is 2.38. The van der Waals surface area contributed by atoms with Gasteiger partial charge in [0.1, 0.15) is 5.82 Å². The molecule has 0 bridgehead atoms. The van der Waals surface area contributed by atoms with Crippen LogP contribution in [-0.2, 0) is 0 Å². The van der Waals surface area contributed by atoms with Crippen LogP contribution in [0.1, 0.15) is 5.69 Å². The van der Waals surface area contributed by atoms with Crippen LogP contribution in [0, 0.1) is 6.92 Å². The average molecular weight is 265 g/mol. The first-order chi connectivity index (χ1) is 9.75. The molecule has 20 heavy (non-hydrogen) atoms. The first kappa shape index (κ1) is 10.9. The van der Waals surface area contributed by atoms with E-state index in [0.717, 1.165) is 16.8 Å². The number of hydrogen-bond donors (Lipinski definition) is 2. The Labute approximate surface area is 113 Å². The third kappa shape index (κ3) is 1.34. The molecule has 98 valence electrons. The van der Waals surface area contributed by atoms with Crippen LogP contribution in [0.2, 0.25) is 0 Å². The zero-order valence-corrected chi connectivity index (χ0v) is 10.7. The van der Waals surface area contributed by atoms with Gasteiger partial charge >= 0.3 is 0 Å². The number of aromatic amines is 1. The molecule has 0 aliphatic heterocycles. The molecule has 7 nitrogen and oxygen atoms in total. The van der Waals surface area contributed by atoms with Gasteiger partial charge in [0.25, 0.3) is 0 Å². The summed E-state index contributed by atoms with van der Waals surface area (Å²) < 4.78 is 1.67.